The number of carbonyl (C=O) groups excluding carboxylic acids is 1. The molecule has 0 saturated carbocycles. The first-order chi connectivity index (χ1) is 8.65. The molecule has 0 radical (unpaired) electrons. The van der Waals surface area contributed by atoms with E-state index in [1.165, 1.54) is 11.3 Å². The summed E-state index contributed by atoms with van der Waals surface area (Å²) >= 11 is 1.36. The first-order valence-corrected chi connectivity index (χ1v) is 6.59. The van der Waals surface area contributed by atoms with Crippen molar-refractivity contribution in [3.05, 3.63) is 40.3 Å². The monoisotopic (exact) mass is 261 g/mol. The van der Waals surface area contributed by atoms with Gasteiger partial charge >= 0.3 is 0 Å². The Bertz CT molecular complexity index is 565. The second-order valence-electron chi connectivity index (χ2n) is 3.88. The van der Waals surface area contributed by atoms with Crippen LogP contribution in [-0.2, 0) is 0 Å². The summed E-state index contributed by atoms with van der Waals surface area (Å²) in [5, 5.41) is 0. The molecule has 0 bridgehead atoms. The lowest BCUT2D eigenvalue weighted by atomic mass is 10.2. The summed E-state index contributed by atoms with van der Waals surface area (Å²) in [6.45, 7) is 4.34. The SMILES string of the molecule is CCN(C(=O)c1scnc1C)c1ccccc1N. The predicted molar refractivity (Wildman–Crippen MR) is 75.1 cm³/mol. The lowest BCUT2D eigenvalue weighted by Crippen LogP contribution is -2.31. The maximum atomic E-state index is 12.5. The van der Waals surface area contributed by atoms with E-state index in [1.807, 2.05) is 32.0 Å². The third kappa shape index (κ3) is 2.22. The zero-order chi connectivity index (χ0) is 13.1. The Morgan fingerprint density at radius 2 is 2.17 bits per heavy atom. The fraction of sp³-hybridized carbons (Fsp3) is 0.231. The molecule has 0 spiro atoms. The van der Waals surface area contributed by atoms with Crippen LogP contribution in [0, 0.1) is 6.92 Å². The van der Waals surface area contributed by atoms with Gasteiger partial charge in [0.25, 0.3) is 5.91 Å². The van der Waals surface area contributed by atoms with E-state index in [9.17, 15) is 4.79 Å². The molecular formula is C13H15N3OS. The molecule has 2 rings (SSSR count). The van der Waals surface area contributed by atoms with Crippen LogP contribution in [0.15, 0.2) is 29.8 Å². The van der Waals surface area contributed by atoms with Gasteiger partial charge in [-0.1, -0.05) is 12.1 Å². The molecule has 0 saturated heterocycles. The minimum Gasteiger partial charge on any atom is -0.397 e. The van der Waals surface area contributed by atoms with Crippen LogP contribution in [0.3, 0.4) is 0 Å². The molecule has 1 aromatic heterocycles. The fourth-order valence-electron chi connectivity index (χ4n) is 1.79. The Morgan fingerprint density at radius 1 is 1.44 bits per heavy atom. The molecule has 18 heavy (non-hydrogen) atoms. The predicted octanol–water partition coefficient (Wildman–Crippen LogP) is 2.70. The average molecular weight is 261 g/mol. The largest absolute Gasteiger partial charge is 0.397 e. The van der Waals surface area contributed by atoms with Crippen LogP contribution in [0.2, 0.25) is 0 Å². The van der Waals surface area contributed by atoms with Crippen molar-refractivity contribution in [1.82, 2.24) is 4.98 Å². The minimum atomic E-state index is -0.0459. The number of hydrogen-bond acceptors (Lipinski definition) is 4. The Labute approximate surface area is 110 Å². The molecule has 0 fully saturated rings. The molecular weight excluding hydrogens is 246 g/mol. The zero-order valence-electron chi connectivity index (χ0n) is 10.4. The molecule has 0 aliphatic rings. The van der Waals surface area contributed by atoms with Crippen LogP contribution in [0.25, 0.3) is 0 Å². The van der Waals surface area contributed by atoms with Gasteiger partial charge in [0.15, 0.2) is 0 Å². The molecule has 2 aromatic rings. The standard InChI is InChI=1S/C13H15N3OS/c1-3-16(11-7-5-4-6-10(11)14)13(17)12-9(2)15-8-18-12/h4-8H,3,14H2,1-2H3. The third-order valence-corrected chi connectivity index (χ3v) is 3.65. The van der Waals surface area contributed by atoms with Crippen molar-refractivity contribution in [2.75, 3.05) is 17.2 Å². The van der Waals surface area contributed by atoms with Crippen molar-refractivity contribution >= 4 is 28.6 Å². The normalized spacial score (nSPS) is 10.3. The van der Waals surface area contributed by atoms with Crippen LogP contribution in [0.5, 0.6) is 0 Å². The Hall–Kier alpha value is -1.88. The number of rotatable bonds is 3. The minimum absolute atomic E-state index is 0.0459. The number of aryl methyl sites for hydroxylation is 1. The highest BCUT2D eigenvalue weighted by atomic mass is 32.1. The molecule has 0 aliphatic carbocycles. The summed E-state index contributed by atoms with van der Waals surface area (Å²) in [5.41, 5.74) is 9.72. The average Bonchev–Trinajstić information content (AvgIpc) is 2.78. The topological polar surface area (TPSA) is 59.2 Å². The number of hydrogen-bond donors (Lipinski definition) is 1. The number of amides is 1. The highest BCUT2D eigenvalue weighted by Gasteiger charge is 2.21. The summed E-state index contributed by atoms with van der Waals surface area (Å²) < 4.78 is 0. The molecule has 94 valence electrons. The van der Waals surface area contributed by atoms with Crippen LogP contribution >= 0.6 is 11.3 Å². The molecule has 1 amide bonds. The number of nitrogens with zero attached hydrogens (tertiary/aromatic N) is 2. The number of thiazole rings is 1. The van der Waals surface area contributed by atoms with Gasteiger partial charge in [-0.2, -0.15) is 0 Å². The van der Waals surface area contributed by atoms with Crippen molar-refractivity contribution in [1.29, 1.82) is 0 Å². The fourth-order valence-corrected chi connectivity index (χ4v) is 2.54. The van der Waals surface area contributed by atoms with Gasteiger partial charge in [0, 0.05) is 6.54 Å². The maximum Gasteiger partial charge on any atom is 0.270 e. The number of benzene rings is 1. The molecule has 0 unspecified atom stereocenters. The van der Waals surface area contributed by atoms with E-state index in [4.69, 9.17) is 5.73 Å². The maximum absolute atomic E-state index is 12.5. The van der Waals surface area contributed by atoms with Crippen molar-refractivity contribution in [3.8, 4) is 0 Å². The second-order valence-corrected chi connectivity index (χ2v) is 4.73. The van der Waals surface area contributed by atoms with Crippen LogP contribution in [0.4, 0.5) is 11.4 Å². The van der Waals surface area contributed by atoms with E-state index < -0.39 is 0 Å². The van der Waals surface area contributed by atoms with Crippen molar-refractivity contribution < 1.29 is 4.79 Å². The van der Waals surface area contributed by atoms with Crippen molar-refractivity contribution in [2.24, 2.45) is 0 Å². The number of carbonyl (C=O) groups is 1. The van der Waals surface area contributed by atoms with Gasteiger partial charge in [-0.3, -0.25) is 4.79 Å². The third-order valence-electron chi connectivity index (χ3n) is 2.73. The Kier molecular flexibility index (Phi) is 3.62. The molecule has 4 nitrogen and oxygen atoms in total. The lowest BCUT2D eigenvalue weighted by molar-refractivity contribution is 0.0991. The summed E-state index contributed by atoms with van der Waals surface area (Å²) in [6.07, 6.45) is 0. The van der Waals surface area contributed by atoms with Gasteiger partial charge in [0.1, 0.15) is 4.88 Å². The molecule has 1 heterocycles. The van der Waals surface area contributed by atoms with E-state index in [1.54, 1.807) is 16.5 Å². The van der Waals surface area contributed by atoms with E-state index in [2.05, 4.69) is 4.98 Å². The van der Waals surface area contributed by atoms with Crippen molar-refractivity contribution in [3.63, 3.8) is 0 Å². The van der Waals surface area contributed by atoms with Crippen LogP contribution in [0.1, 0.15) is 22.3 Å². The molecule has 1 aromatic carbocycles. The van der Waals surface area contributed by atoms with Gasteiger partial charge < -0.3 is 10.6 Å². The lowest BCUT2D eigenvalue weighted by Gasteiger charge is -2.22. The second kappa shape index (κ2) is 5.18. The summed E-state index contributed by atoms with van der Waals surface area (Å²) in [6, 6.07) is 7.38. The number of para-hydroxylation sites is 2. The Balaban J connectivity index is 2.39. The van der Waals surface area contributed by atoms with Gasteiger partial charge in [0.05, 0.1) is 22.6 Å². The number of aromatic nitrogens is 1. The highest BCUT2D eigenvalue weighted by Crippen LogP contribution is 2.25. The Morgan fingerprint density at radius 3 is 2.72 bits per heavy atom. The van der Waals surface area contributed by atoms with E-state index >= 15 is 0 Å². The first kappa shape index (κ1) is 12.6. The zero-order valence-corrected chi connectivity index (χ0v) is 11.2. The first-order valence-electron chi connectivity index (χ1n) is 5.71. The van der Waals surface area contributed by atoms with Gasteiger partial charge in [-0.15, -0.1) is 11.3 Å². The van der Waals surface area contributed by atoms with Crippen LogP contribution < -0.4 is 10.6 Å². The highest BCUT2D eigenvalue weighted by molar-refractivity contribution is 7.12. The van der Waals surface area contributed by atoms with Gasteiger partial charge in [-0.05, 0) is 26.0 Å². The quantitative estimate of drug-likeness (QED) is 0.864. The number of anilines is 2. The summed E-state index contributed by atoms with van der Waals surface area (Å²) in [7, 11) is 0. The summed E-state index contributed by atoms with van der Waals surface area (Å²) in [5.74, 6) is -0.0459. The van der Waals surface area contributed by atoms with Gasteiger partial charge in [0.2, 0.25) is 0 Å². The van der Waals surface area contributed by atoms with E-state index in [-0.39, 0.29) is 5.91 Å². The molecule has 0 aliphatic heterocycles. The molecule has 0 atom stereocenters. The number of nitrogen functional groups attached to an aromatic ring is 1. The van der Waals surface area contributed by atoms with E-state index in [0.717, 1.165) is 11.4 Å². The molecule has 5 heteroatoms. The van der Waals surface area contributed by atoms with Crippen LogP contribution in [-0.4, -0.2) is 17.4 Å². The smallest absolute Gasteiger partial charge is 0.270 e. The van der Waals surface area contributed by atoms with E-state index in [0.29, 0.717) is 17.1 Å². The molecule has 2 N–H and O–H groups in total. The summed E-state index contributed by atoms with van der Waals surface area (Å²) in [4.78, 5) is 18.9. The van der Waals surface area contributed by atoms with Gasteiger partial charge in [-0.25, -0.2) is 4.98 Å². The van der Waals surface area contributed by atoms with Crippen molar-refractivity contribution in [2.45, 2.75) is 13.8 Å². The number of nitrogens with two attached hydrogens (primary N) is 1.